The highest BCUT2D eigenvalue weighted by Crippen LogP contribution is 2.19. The second-order valence-electron chi connectivity index (χ2n) is 5.18. The van der Waals surface area contributed by atoms with Gasteiger partial charge >= 0.3 is 5.97 Å². The van der Waals surface area contributed by atoms with Gasteiger partial charge in [-0.3, -0.25) is 0 Å². The number of hydrogen-bond acceptors (Lipinski definition) is 5. The number of benzene rings is 1. The smallest absolute Gasteiger partial charge is 0.330 e. The van der Waals surface area contributed by atoms with Crippen molar-refractivity contribution in [3.8, 4) is 17.1 Å². The summed E-state index contributed by atoms with van der Waals surface area (Å²) < 4.78 is 5.59. The standard InChI is InChI=1S/C14H18N4O3/c1-9(2)8-21-12-6-4-11(5-7-12)13-15-17-18(16-13)10(3)14(19)20/h4-7,9-10H,8H2,1-3H3,(H,19,20). The number of aliphatic carboxylic acids is 1. The maximum atomic E-state index is 10.9. The number of ether oxygens (including phenoxy) is 1. The molecule has 2 aromatic rings. The van der Waals surface area contributed by atoms with E-state index in [1.165, 1.54) is 6.92 Å². The summed E-state index contributed by atoms with van der Waals surface area (Å²) in [7, 11) is 0. The van der Waals surface area contributed by atoms with Gasteiger partial charge in [-0.05, 0) is 42.3 Å². The first-order valence-corrected chi connectivity index (χ1v) is 6.73. The maximum Gasteiger partial charge on any atom is 0.330 e. The molecule has 7 nitrogen and oxygen atoms in total. The molecule has 1 N–H and O–H groups in total. The van der Waals surface area contributed by atoms with E-state index in [1.54, 1.807) is 0 Å². The predicted molar refractivity (Wildman–Crippen MR) is 75.9 cm³/mol. The normalized spacial score (nSPS) is 12.4. The number of tetrazole rings is 1. The van der Waals surface area contributed by atoms with Crippen molar-refractivity contribution >= 4 is 5.97 Å². The third kappa shape index (κ3) is 3.77. The zero-order chi connectivity index (χ0) is 15.4. The first kappa shape index (κ1) is 15.0. The second-order valence-corrected chi connectivity index (χ2v) is 5.18. The van der Waals surface area contributed by atoms with Crippen LogP contribution in [0.15, 0.2) is 24.3 Å². The maximum absolute atomic E-state index is 10.9. The molecule has 0 aliphatic heterocycles. The van der Waals surface area contributed by atoms with Crippen LogP contribution in [0.4, 0.5) is 0 Å². The molecule has 0 radical (unpaired) electrons. The molecule has 0 fully saturated rings. The first-order valence-electron chi connectivity index (χ1n) is 6.73. The van der Waals surface area contributed by atoms with Crippen LogP contribution in [-0.2, 0) is 4.79 Å². The molecule has 0 bridgehead atoms. The van der Waals surface area contributed by atoms with Gasteiger partial charge in [-0.1, -0.05) is 13.8 Å². The molecule has 0 spiro atoms. The van der Waals surface area contributed by atoms with Crippen LogP contribution in [0.1, 0.15) is 26.8 Å². The summed E-state index contributed by atoms with van der Waals surface area (Å²) in [6.07, 6.45) is 0. The van der Waals surface area contributed by atoms with Gasteiger partial charge in [0.1, 0.15) is 5.75 Å². The van der Waals surface area contributed by atoms with E-state index < -0.39 is 12.0 Å². The summed E-state index contributed by atoms with van der Waals surface area (Å²) in [5.41, 5.74) is 0.760. The molecule has 2 rings (SSSR count). The van der Waals surface area contributed by atoms with Gasteiger partial charge in [0.2, 0.25) is 5.82 Å². The van der Waals surface area contributed by atoms with E-state index in [0.29, 0.717) is 18.3 Å². The van der Waals surface area contributed by atoms with E-state index in [1.807, 2.05) is 24.3 Å². The molecule has 1 aromatic heterocycles. The van der Waals surface area contributed by atoms with Crippen LogP contribution in [0, 0.1) is 5.92 Å². The summed E-state index contributed by atoms with van der Waals surface area (Å²) in [5, 5.41) is 20.6. The number of aromatic nitrogens is 4. The van der Waals surface area contributed by atoms with Gasteiger partial charge in [0.25, 0.3) is 0 Å². The molecule has 0 saturated heterocycles. The van der Waals surface area contributed by atoms with Crippen molar-refractivity contribution in [3.05, 3.63) is 24.3 Å². The lowest BCUT2D eigenvalue weighted by Crippen LogP contribution is -2.18. The fraction of sp³-hybridized carbons (Fsp3) is 0.429. The van der Waals surface area contributed by atoms with Crippen LogP contribution < -0.4 is 4.74 Å². The Balaban J connectivity index is 2.10. The third-order valence-corrected chi connectivity index (χ3v) is 2.83. The molecule has 1 heterocycles. The fourth-order valence-electron chi connectivity index (χ4n) is 1.57. The van der Waals surface area contributed by atoms with Crippen LogP contribution in [0.25, 0.3) is 11.4 Å². The first-order chi connectivity index (χ1) is 9.97. The Kier molecular flexibility index (Phi) is 4.52. The van der Waals surface area contributed by atoms with Gasteiger partial charge in [0, 0.05) is 5.56 Å². The number of carboxylic acids is 1. The molecule has 1 atom stereocenters. The Morgan fingerprint density at radius 3 is 2.52 bits per heavy atom. The van der Waals surface area contributed by atoms with Crippen molar-refractivity contribution in [1.82, 2.24) is 20.2 Å². The lowest BCUT2D eigenvalue weighted by atomic mass is 10.2. The molecule has 112 valence electrons. The number of carboxylic acid groups (broad SMARTS) is 1. The number of nitrogens with zero attached hydrogens (tertiary/aromatic N) is 4. The molecule has 1 aromatic carbocycles. The SMILES string of the molecule is CC(C)COc1ccc(-c2nnn(C(C)C(=O)O)n2)cc1. The molecule has 21 heavy (non-hydrogen) atoms. The van der Waals surface area contributed by atoms with Crippen LogP contribution in [0.5, 0.6) is 5.75 Å². The van der Waals surface area contributed by atoms with E-state index in [4.69, 9.17) is 9.84 Å². The van der Waals surface area contributed by atoms with Gasteiger partial charge in [0.15, 0.2) is 6.04 Å². The minimum atomic E-state index is -1.00. The van der Waals surface area contributed by atoms with Crippen molar-refractivity contribution in [2.75, 3.05) is 6.61 Å². The predicted octanol–water partition coefficient (Wildman–Crippen LogP) is 2.02. The Hall–Kier alpha value is -2.44. The molecular weight excluding hydrogens is 272 g/mol. The lowest BCUT2D eigenvalue weighted by molar-refractivity contribution is -0.141. The van der Waals surface area contributed by atoms with E-state index in [-0.39, 0.29) is 0 Å². The topological polar surface area (TPSA) is 90.1 Å². The minimum Gasteiger partial charge on any atom is -0.493 e. The highest BCUT2D eigenvalue weighted by atomic mass is 16.5. The summed E-state index contributed by atoms with van der Waals surface area (Å²) in [6.45, 7) is 6.32. The molecular formula is C14H18N4O3. The average Bonchev–Trinajstić information content (AvgIpc) is 2.94. The van der Waals surface area contributed by atoms with Crippen LogP contribution in [0.3, 0.4) is 0 Å². The van der Waals surface area contributed by atoms with E-state index >= 15 is 0 Å². The van der Waals surface area contributed by atoms with Crippen molar-refractivity contribution in [2.45, 2.75) is 26.8 Å². The number of carbonyl (C=O) groups is 1. The molecule has 1 unspecified atom stereocenters. The van der Waals surface area contributed by atoms with E-state index in [2.05, 4.69) is 29.3 Å². The zero-order valence-electron chi connectivity index (χ0n) is 12.2. The molecule has 0 aliphatic rings. The Labute approximate surface area is 122 Å². The Morgan fingerprint density at radius 1 is 1.29 bits per heavy atom. The summed E-state index contributed by atoms with van der Waals surface area (Å²) >= 11 is 0. The largest absolute Gasteiger partial charge is 0.493 e. The summed E-state index contributed by atoms with van der Waals surface area (Å²) in [4.78, 5) is 12.0. The van der Waals surface area contributed by atoms with E-state index in [9.17, 15) is 4.79 Å². The lowest BCUT2D eigenvalue weighted by Gasteiger charge is -2.08. The number of hydrogen-bond donors (Lipinski definition) is 1. The summed E-state index contributed by atoms with van der Waals surface area (Å²) in [6, 6.07) is 6.46. The van der Waals surface area contributed by atoms with E-state index in [0.717, 1.165) is 16.1 Å². The van der Waals surface area contributed by atoms with Gasteiger partial charge in [-0.2, -0.15) is 0 Å². The number of rotatable bonds is 6. The zero-order valence-corrected chi connectivity index (χ0v) is 12.2. The molecule has 0 aliphatic carbocycles. The second kappa shape index (κ2) is 6.34. The van der Waals surface area contributed by atoms with Crippen molar-refractivity contribution in [2.24, 2.45) is 5.92 Å². The highest BCUT2D eigenvalue weighted by Gasteiger charge is 2.17. The van der Waals surface area contributed by atoms with Gasteiger partial charge < -0.3 is 9.84 Å². The fourth-order valence-corrected chi connectivity index (χ4v) is 1.57. The third-order valence-electron chi connectivity index (χ3n) is 2.83. The Morgan fingerprint density at radius 2 is 1.95 bits per heavy atom. The summed E-state index contributed by atoms with van der Waals surface area (Å²) in [5.74, 6) is 0.623. The van der Waals surface area contributed by atoms with Gasteiger partial charge in [-0.15, -0.1) is 15.0 Å². The molecule has 7 heteroatoms. The van der Waals surface area contributed by atoms with Gasteiger partial charge in [-0.25, -0.2) is 4.79 Å². The molecule has 0 saturated carbocycles. The van der Waals surface area contributed by atoms with Gasteiger partial charge in [0.05, 0.1) is 6.61 Å². The quantitative estimate of drug-likeness (QED) is 0.875. The van der Waals surface area contributed by atoms with Crippen molar-refractivity contribution in [3.63, 3.8) is 0 Å². The minimum absolute atomic E-state index is 0.388. The van der Waals surface area contributed by atoms with Crippen LogP contribution >= 0.6 is 0 Å². The molecule has 0 amide bonds. The van der Waals surface area contributed by atoms with Crippen LogP contribution in [0.2, 0.25) is 0 Å². The van der Waals surface area contributed by atoms with Crippen LogP contribution in [-0.4, -0.2) is 37.9 Å². The highest BCUT2D eigenvalue weighted by molar-refractivity contribution is 5.71. The van der Waals surface area contributed by atoms with Crippen molar-refractivity contribution < 1.29 is 14.6 Å². The van der Waals surface area contributed by atoms with Crippen molar-refractivity contribution in [1.29, 1.82) is 0 Å². The average molecular weight is 290 g/mol. The monoisotopic (exact) mass is 290 g/mol. The Bertz CT molecular complexity index is 607.